The van der Waals surface area contributed by atoms with Crippen LogP contribution in [0.15, 0.2) is 59.2 Å². The molecule has 30 heavy (non-hydrogen) atoms. The number of hydrogen-bond donors (Lipinski definition) is 1. The maximum Gasteiger partial charge on any atom is 0.347 e. The number of benzene rings is 2. The molecule has 0 radical (unpaired) electrons. The van der Waals surface area contributed by atoms with E-state index in [4.69, 9.17) is 10.5 Å². The van der Waals surface area contributed by atoms with Gasteiger partial charge in [0.1, 0.15) is 11.6 Å². The van der Waals surface area contributed by atoms with Crippen molar-refractivity contribution in [1.82, 2.24) is 9.91 Å². The molecule has 2 N–H and O–H groups in total. The average molecular weight is 422 g/mol. The maximum absolute atomic E-state index is 14.3. The van der Waals surface area contributed by atoms with Crippen LogP contribution in [0.4, 0.5) is 23.2 Å². The van der Waals surface area contributed by atoms with Gasteiger partial charge < -0.3 is 10.6 Å². The molecule has 2 aromatic carbocycles. The maximum atomic E-state index is 14.3. The second-order valence-electron chi connectivity index (χ2n) is 7.10. The molecule has 0 aromatic heterocycles. The molecule has 0 saturated heterocycles. The molecular formula is C21H22F4N4O. The minimum atomic E-state index is -3.19. The van der Waals surface area contributed by atoms with Crippen LogP contribution in [0.5, 0.6) is 0 Å². The fourth-order valence-electron chi connectivity index (χ4n) is 3.43. The number of nitrogens with two attached hydrogens (primary N) is 1. The number of hydrogen-bond acceptors (Lipinski definition) is 5. The summed E-state index contributed by atoms with van der Waals surface area (Å²) < 4.78 is 61.2. The Kier molecular flexibility index (Phi) is 6.42. The number of hydrazone groups is 1. The fraction of sp³-hybridized carbons (Fsp3) is 0.286. The lowest BCUT2D eigenvalue weighted by atomic mass is 9.90. The highest BCUT2D eigenvalue weighted by atomic mass is 19.3. The Hall–Kier alpha value is -2.91. The molecule has 0 bridgehead atoms. The summed E-state index contributed by atoms with van der Waals surface area (Å²) in [7, 11) is 3.53. The summed E-state index contributed by atoms with van der Waals surface area (Å²) in [5, 5.41) is 5.29. The molecule has 1 aliphatic rings. The van der Waals surface area contributed by atoms with E-state index in [1.54, 1.807) is 37.2 Å². The smallest absolute Gasteiger partial charge is 0.347 e. The van der Waals surface area contributed by atoms with E-state index in [0.717, 1.165) is 17.1 Å². The molecular weight excluding hydrogens is 400 g/mol. The van der Waals surface area contributed by atoms with Gasteiger partial charge in [0.05, 0.1) is 6.54 Å². The van der Waals surface area contributed by atoms with Crippen LogP contribution in [0.1, 0.15) is 11.1 Å². The van der Waals surface area contributed by atoms with Crippen molar-refractivity contribution in [2.45, 2.75) is 18.9 Å². The number of rotatable bonds is 7. The third kappa shape index (κ3) is 4.31. The number of likely N-dealkylation sites (N-methyl/N-ethyl adjacent to an activating group) is 1. The molecule has 0 aliphatic carbocycles. The number of alkyl halides is 2. The third-order valence-corrected chi connectivity index (χ3v) is 4.70. The summed E-state index contributed by atoms with van der Waals surface area (Å²) in [4.78, 5) is 1.77. The molecule has 0 amide bonds. The first-order valence-electron chi connectivity index (χ1n) is 9.15. The zero-order valence-electron chi connectivity index (χ0n) is 16.5. The molecule has 1 unspecified atom stereocenters. The number of ether oxygens (including phenoxy) is 1. The Labute approximate surface area is 172 Å². The predicted octanol–water partition coefficient (Wildman–Crippen LogP) is 3.93. The second kappa shape index (κ2) is 8.85. The van der Waals surface area contributed by atoms with Gasteiger partial charge in [0.25, 0.3) is 0 Å². The number of halogens is 4. The highest BCUT2D eigenvalue weighted by Gasteiger charge is 2.47. The molecule has 1 aliphatic heterocycles. The van der Waals surface area contributed by atoms with Gasteiger partial charge in [0, 0.05) is 35.1 Å². The number of nitrogen functional groups attached to an aromatic ring is 1. The van der Waals surface area contributed by atoms with Gasteiger partial charge in [-0.2, -0.15) is 13.9 Å². The first kappa shape index (κ1) is 21.8. The number of allylic oxidation sites excluding steroid dienone is 1. The van der Waals surface area contributed by atoms with E-state index < -0.39 is 30.5 Å². The largest absolute Gasteiger partial charge is 0.399 e. The van der Waals surface area contributed by atoms with E-state index >= 15 is 0 Å². The van der Waals surface area contributed by atoms with Crippen molar-refractivity contribution < 1.29 is 22.3 Å². The Morgan fingerprint density at radius 1 is 1.10 bits per heavy atom. The number of nitrogens with zero attached hydrogens (tertiary/aromatic N) is 3. The summed E-state index contributed by atoms with van der Waals surface area (Å²) in [5.74, 6) is -1.62. The molecule has 5 nitrogen and oxygen atoms in total. The molecule has 3 rings (SSSR count). The molecule has 2 aromatic rings. The van der Waals surface area contributed by atoms with Crippen molar-refractivity contribution in [3.05, 3.63) is 76.9 Å². The lowest BCUT2D eigenvalue weighted by Gasteiger charge is -2.45. The highest BCUT2D eigenvalue weighted by Crippen LogP contribution is 2.42. The van der Waals surface area contributed by atoms with Crippen LogP contribution in [0.25, 0.3) is 0 Å². The minimum Gasteiger partial charge on any atom is -0.399 e. The van der Waals surface area contributed by atoms with Gasteiger partial charge in [-0.1, -0.05) is 18.2 Å². The highest BCUT2D eigenvalue weighted by molar-refractivity contribution is 5.74. The first-order chi connectivity index (χ1) is 14.2. The normalized spacial score (nSPS) is 18.9. The van der Waals surface area contributed by atoms with E-state index in [9.17, 15) is 17.6 Å². The van der Waals surface area contributed by atoms with Crippen molar-refractivity contribution in [2.24, 2.45) is 5.10 Å². The number of anilines is 1. The van der Waals surface area contributed by atoms with Gasteiger partial charge >= 0.3 is 6.61 Å². The summed E-state index contributed by atoms with van der Waals surface area (Å²) in [5.41, 5.74) is 4.71. The monoisotopic (exact) mass is 422 g/mol. The zero-order chi connectivity index (χ0) is 21.9. The summed E-state index contributed by atoms with van der Waals surface area (Å²) >= 11 is 0. The molecule has 0 fully saturated rings. The molecule has 1 atom stereocenters. The van der Waals surface area contributed by atoms with Gasteiger partial charge in [-0.25, -0.2) is 8.78 Å². The van der Waals surface area contributed by atoms with Crippen molar-refractivity contribution >= 4 is 11.9 Å². The van der Waals surface area contributed by atoms with E-state index in [0.29, 0.717) is 16.8 Å². The van der Waals surface area contributed by atoms with E-state index in [1.165, 1.54) is 24.4 Å². The van der Waals surface area contributed by atoms with Crippen molar-refractivity contribution in [2.75, 3.05) is 26.4 Å². The first-order valence-corrected chi connectivity index (χ1v) is 9.15. The van der Waals surface area contributed by atoms with Crippen molar-refractivity contribution in [3.63, 3.8) is 0 Å². The molecule has 1 heterocycles. The van der Waals surface area contributed by atoms with Crippen LogP contribution in [-0.2, 0) is 17.0 Å². The molecule has 0 saturated carbocycles. The van der Waals surface area contributed by atoms with Gasteiger partial charge in [-0.05, 0) is 44.4 Å². The van der Waals surface area contributed by atoms with Crippen LogP contribution in [0, 0.1) is 11.6 Å². The Morgan fingerprint density at radius 3 is 2.30 bits per heavy atom. The Bertz CT molecular complexity index is 926. The molecule has 9 heteroatoms. The lowest BCUT2D eigenvalue weighted by Crippen LogP contribution is -2.51. The predicted molar refractivity (Wildman–Crippen MR) is 107 cm³/mol. The van der Waals surface area contributed by atoms with E-state index in [-0.39, 0.29) is 12.1 Å². The van der Waals surface area contributed by atoms with Gasteiger partial charge in [-0.15, -0.1) is 0 Å². The van der Waals surface area contributed by atoms with Crippen LogP contribution < -0.4 is 5.73 Å². The summed E-state index contributed by atoms with van der Waals surface area (Å²) in [6.45, 7) is -3.38. The standard InChI is InChI=1S/C21H22F4N4O/c1-28(2)12-15-10-11-27-29(13-17-18(22)4-3-5-19(17)23)21(15,30-20(24)25)14-6-8-16(26)9-7-14/h3-11,20H,12-13,26H2,1-2H3. The van der Waals surface area contributed by atoms with Crippen LogP contribution in [0.3, 0.4) is 0 Å². The van der Waals surface area contributed by atoms with Gasteiger partial charge in [-0.3, -0.25) is 9.75 Å². The van der Waals surface area contributed by atoms with E-state index in [2.05, 4.69) is 5.10 Å². The summed E-state index contributed by atoms with van der Waals surface area (Å²) in [6, 6.07) is 9.58. The molecule has 160 valence electrons. The lowest BCUT2D eigenvalue weighted by molar-refractivity contribution is -0.257. The molecule has 0 spiro atoms. The minimum absolute atomic E-state index is 0.235. The van der Waals surface area contributed by atoms with Crippen LogP contribution in [-0.4, -0.2) is 43.4 Å². The zero-order valence-corrected chi connectivity index (χ0v) is 16.5. The van der Waals surface area contributed by atoms with Gasteiger partial charge in [0.15, 0.2) is 0 Å². The fourth-order valence-corrected chi connectivity index (χ4v) is 3.43. The third-order valence-electron chi connectivity index (χ3n) is 4.70. The van der Waals surface area contributed by atoms with E-state index in [1.807, 2.05) is 0 Å². The van der Waals surface area contributed by atoms with Gasteiger partial charge in [0.2, 0.25) is 5.72 Å². The Balaban J connectivity index is 2.18. The average Bonchev–Trinajstić information content (AvgIpc) is 2.67. The summed E-state index contributed by atoms with van der Waals surface area (Å²) in [6.07, 6.45) is 2.95. The van der Waals surface area contributed by atoms with Crippen LogP contribution in [0.2, 0.25) is 0 Å². The Morgan fingerprint density at radius 2 is 1.73 bits per heavy atom. The topological polar surface area (TPSA) is 54.1 Å². The van der Waals surface area contributed by atoms with Crippen LogP contribution >= 0.6 is 0 Å². The quantitative estimate of drug-likeness (QED) is 0.543. The van der Waals surface area contributed by atoms with Crippen molar-refractivity contribution in [3.8, 4) is 0 Å². The SMILES string of the molecule is CN(C)CC1=CC=NN(Cc2c(F)cccc2F)C1(OC(F)F)c1ccc(N)cc1. The van der Waals surface area contributed by atoms with Crippen molar-refractivity contribution in [1.29, 1.82) is 0 Å². The second-order valence-corrected chi connectivity index (χ2v) is 7.10.